The predicted octanol–water partition coefficient (Wildman–Crippen LogP) is 4.09. The predicted molar refractivity (Wildman–Crippen MR) is 87.2 cm³/mol. The zero-order valence-electron chi connectivity index (χ0n) is 13.1. The third-order valence-corrected chi connectivity index (χ3v) is 3.04. The van der Waals surface area contributed by atoms with Crippen LogP contribution in [-0.2, 0) is 11.2 Å². The molecule has 0 saturated carbocycles. The van der Waals surface area contributed by atoms with Crippen LogP contribution in [0.5, 0.6) is 5.75 Å². The van der Waals surface area contributed by atoms with Gasteiger partial charge in [-0.05, 0) is 55.7 Å². The van der Waals surface area contributed by atoms with Crippen molar-refractivity contribution in [2.75, 3.05) is 5.32 Å². The molecule has 1 amide bonds. The number of rotatable bonds is 5. The molecule has 0 aliphatic heterocycles. The fourth-order valence-electron chi connectivity index (χ4n) is 2.03. The lowest BCUT2D eigenvalue weighted by atomic mass is 10.0. The van der Waals surface area contributed by atoms with Gasteiger partial charge in [0.25, 0.3) is 6.26 Å². The van der Waals surface area contributed by atoms with Crippen LogP contribution >= 0.6 is 0 Å². The summed E-state index contributed by atoms with van der Waals surface area (Å²) in [5.41, 5.74) is 2.91. The van der Waals surface area contributed by atoms with Crippen molar-refractivity contribution in [1.29, 1.82) is 5.26 Å². The van der Waals surface area contributed by atoms with Crippen LogP contribution in [0.1, 0.15) is 25.0 Å². The molecule has 23 heavy (non-hydrogen) atoms. The summed E-state index contributed by atoms with van der Waals surface area (Å²) in [5, 5.41) is 11.1. The lowest BCUT2D eigenvalue weighted by Gasteiger charge is -2.10. The normalized spacial score (nSPS) is 10.0. The standard InChI is InChI=1S/C18H18N2O3/c1-13(2)23-18(21)20-16-7-3-14(4-8-16)11-15-5-9-17(10-6-15)22-12-19/h3-10,13H,11H2,1-2H3,(H,20,21). The fourth-order valence-corrected chi connectivity index (χ4v) is 2.03. The smallest absolute Gasteiger partial charge is 0.411 e. The van der Waals surface area contributed by atoms with Crippen molar-refractivity contribution in [2.24, 2.45) is 0 Å². The maximum atomic E-state index is 11.5. The van der Waals surface area contributed by atoms with E-state index in [2.05, 4.69) is 5.32 Å². The third-order valence-electron chi connectivity index (χ3n) is 3.04. The maximum Gasteiger partial charge on any atom is 0.411 e. The number of carbonyl (C=O) groups is 1. The van der Waals surface area contributed by atoms with Crippen LogP contribution in [0.25, 0.3) is 0 Å². The minimum absolute atomic E-state index is 0.151. The minimum atomic E-state index is -0.458. The lowest BCUT2D eigenvalue weighted by molar-refractivity contribution is 0.130. The Bertz CT molecular complexity index is 686. The molecule has 0 unspecified atom stereocenters. The highest BCUT2D eigenvalue weighted by molar-refractivity contribution is 5.84. The molecule has 0 bridgehead atoms. The molecule has 1 N–H and O–H groups in total. The summed E-state index contributed by atoms with van der Waals surface area (Å²) < 4.78 is 9.77. The Balaban J connectivity index is 1.94. The van der Waals surface area contributed by atoms with Gasteiger partial charge >= 0.3 is 6.09 Å². The highest BCUT2D eigenvalue weighted by Crippen LogP contribution is 2.17. The number of carbonyl (C=O) groups excluding carboxylic acids is 1. The van der Waals surface area contributed by atoms with E-state index in [1.807, 2.05) is 36.4 Å². The second kappa shape index (κ2) is 7.85. The van der Waals surface area contributed by atoms with E-state index in [4.69, 9.17) is 14.7 Å². The van der Waals surface area contributed by atoms with Gasteiger partial charge in [-0.3, -0.25) is 5.32 Å². The first-order valence-electron chi connectivity index (χ1n) is 7.28. The monoisotopic (exact) mass is 310 g/mol. The van der Waals surface area contributed by atoms with Gasteiger partial charge in [0.2, 0.25) is 0 Å². The Morgan fingerprint density at radius 2 is 1.65 bits per heavy atom. The summed E-state index contributed by atoms with van der Waals surface area (Å²) in [5.74, 6) is 0.527. The van der Waals surface area contributed by atoms with Crippen LogP contribution in [-0.4, -0.2) is 12.2 Å². The van der Waals surface area contributed by atoms with E-state index in [1.165, 1.54) is 0 Å². The number of amides is 1. The summed E-state index contributed by atoms with van der Waals surface area (Å²) in [6.07, 6.45) is 1.79. The molecule has 0 aliphatic carbocycles. The van der Waals surface area contributed by atoms with E-state index < -0.39 is 6.09 Å². The van der Waals surface area contributed by atoms with E-state index in [9.17, 15) is 4.79 Å². The molecule has 2 aromatic rings. The highest BCUT2D eigenvalue weighted by atomic mass is 16.6. The molecule has 0 spiro atoms. The first-order valence-corrected chi connectivity index (χ1v) is 7.28. The van der Waals surface area contributed by atoms with E-state index in [0.29, 0.717) is 11.4 Å². The van der Waals surface area contributed by atoms with Crippen molar-refractivity contribution >= 4 is 11.8 Å². The maximum absolute atomic E-state index is 11.5. The van der Waals surface area contributed by atoms with Gasteiger partial charge in [0.15, 0.2) is 0 Å². The van der Waals surface area contributed by atoms with Crippen molar-refractivity contribution in [3.05, 3.63) is 59.7 Å². The van der Waals surface area contributed by atoms with Crippen molar-refractivity contribution in [1.82, 2.24) is 0 Å². The van der Waals surface area contributed by atoms with Crippen LogP contribution in [0, 0.1) is 11.5 Å². The summed E-state index contributed by atoms with van der Waals surface area (Å²) in [4.78, 5) is 11.5. The summed E-state index contributed by atoms with van der Waals surface area (Å²) >= 11 is 0. The quantitative estimate of drug-likeness (QED) is 0.844. The topological polar surface area (TPSA) is 71.3 Å². The van der Waals surface area contributed by atoms with Gasteiger partial charge in [0, 0.05) is 5.69 Å². The lowest BCUT2D eigenvalue weighted by Crippen LogP contribution is -2.17. The minimum Gasteiger partial charge on any atom is -0.447 e. The number of nitriles is 1. The number of nitrogens with zero attached hydrogens (tertiary/aromatic N) is 1. The Hall–Kier alpha value is -3.00. The fraction of sp³-hybridized carbons (Fsp3) is 0.222. The molecule has 5 nitrogen and oxygen atoms in total. The summed E-state index contributed by atoms with van der Waals surface area (Å²) in [6.45, 7) is 3.60. The van der Waals surface area contributed by atoms with E-state index in [1.54, 1.807) is 32.2 Å². The first kappa shape index (κ1) is 16.4. The number of anilines is 1. The van der Waals surface area contributed by atoms with Crippen LogP contribution in [0.2, 0.25) is 0 Å². The second-order valence-electron chi connectivity index (χ2n) is 5.29. The molecule has 118 valence electrons. The van der Waals surface area contributed by atoms with E-state index in [-0.39, 0.29) is 6.10 Å². The van der Waals surface area contributed by atoms with Crippen LogP contribution in [0.15, 0.2) is 48.5 Å². The number of ether oxygens (including phenoxy) is 2. The first-order chi connectivity index (χ1) is 11.1. The highest BCUT2D eigenvalue weighted by Gasteiger charge is 2.05. The Morgan fingerprint density at radius 3 is 2.17 bits per heavy atom. The number of benzene rings is 2. The van der Waals surface area contributed by atoms with Gasteiger partial charge in [0.1, 0.15) is 5.75 Å². The largest absolute Gasteiger partial charge is 0.447 e. The molecule has 0 atom stereocenters. The van der Waals surface area contributed by atoms with E-state index in [0.717, 1.165) is 17.5 Å². The van der Waals surface area contributed by atoms with Gasteiger partial charge < -0.3 is 9.47 Å². The Morgan fingerprint density at radius 1 is 1.09 bits per heavy atom. The molecule has 0 heterocycles. The Kier molecular flexibility index (Phi) is 5.59. The van der Waals surface area contributed by atoms with Crippen LogP contribution in [0.4, 0.5) is 10.5 Å². The average Bonchev–Trinajstić information content (AvgIpc) is 2.51. The SMILES string of the molecule is CC(C)OC(=O)Nc1ccc(Cc2ccc(OC#N)cc2)cc1. The summed E-state index contributed by atoms with van der Waals surface area (Å²) in [6, 6.07) is 14.9. The molecule has 0 aromatic heterocycles. The molecule has 5 heteroatoms. The van der Waals surface area contributed by atoms with Crippen molar-refractivity contribution < 1.29 is 14.3 Å². The number of hydrogen-bond acceptors (Lipinski definition) is 4. The molecule has 0 radical (unpaired) electrons. The molecule has 0 aliphatic rings. The molecular weight excluding hydrogens is 292 g/mol. The van der Waals surface area contributed by atoms with Gasteiger partial charge in [-0.2, -0.15) is 0 Å². The van der Waals surface area contributed by atoms with Crippen LogP contribution in [0.3, 0.4) is 0 Å². The van der Waals surface area contributed by atoms with Gasteiger partial charge in [-0.1, -0.05) is 24.3 Å². The zero-order valence-corrected chi connectivity index (χ0v) is 13.1. The average molecular weight is 310 g/mol. The molecule has 0 fully saturated rings. The van der Waals surface area contributed by atoms with Crippen LogP contribution < -0.4 is 10.1 Å². The van der Waals surface area contributed by atoms with Crippen molar-refractivity contribution in [2.45, 2.75) is 26.4 Å². The molecule has 2 rings (SSSR count). The zero-order chi connectivity index (χ0) is 16.7. The molecule has 2 aromatic carbocycles. The van der Waals surface area contributed by atoms with Gasteiger partial charge in [-0.25, -0.2) is 4.79 Å². The second-order valence-corrected chi connectivity index (χ2v) is 5.29. The molecular formula is C18H18N2O3. The van der Waals surface area contributed by atoms with E-state index >= 15 is 0 Å². The summed E-state index contributed by atoms with van der Waals surface area (Å²) in [7, 11) is 0. The van der Waals surface area contributed by atoms with Crippen molar-refractivity contribution in [3.8, 4) is 12.0 Å². The van der Waals surface area contributed by atoms with Gasteiger partial charge in [0.05, 0.1) is 6.10 Å². The number of hydrogen-bond donors (Lipinski definition) is 1. The van der Waals surface area contributed by atoms with Gasteiger partial charge in [-0.15, -0.1) is 5.26 Å². The number of nitrogens with one attached hydrogen (secondary N) is 1. The van der Waals surface area contributed by atoms with Crippen molar-refractivity contribution in [3.63, 3.8) is 0 Å². The molecule has 0 saturated heterocycles. The Labute approximate surface area is 135 Å². The third kappa shape index (κ3) is 5.36.